The highest BCUT2D eigenvalue weighted by Crippen LogP contribution is 2.29. The molecular formula is C16H12Cl2FN5O3. The van der Waals surface area contributed by atoms with Gasteiger partial charge in [0.1, 0.15) is 17.8 Å². The number of rotatable bonds is 7. The molecule has 140 valence electrons. The van der Waals surface area contributed by atoms with Crippen LogP contribution in [-0.4, -0.2) is 28.4 Å². The number of halogens is 3. The van der Waals surface area contributed by atoms with Gasteiger partial charge in [-0.2, -0.15) is 0 Å². The van der Waals surface area contributed by atoms with Crippen LogP contribution in [-0.2, 0) is 11.2 Å². The Bertz CT molecular complexity index is 955. The van der Waals surface area contributed by atoms with Gasteiger partial charge in [-0.05, 0) is 17.7 Å². The molecular weight excluding hydrogens is 400 g/mol. The second kappa shape index (κ2) is 8.19. The van der Waals surface area contributed by atoms with E-state index in [0.29, 0.717) is 22.7 Å². The molecule has 0 saturated carbocycles. The first kappa shape index (κ1) is 18.9. The summed E-state index contributed by atoms with van der Waals surface area (Å²) in [7, 11) is 0. The molecule has 0 spiro atoms. The van der Waals surface area contributed by atoms with Gasteiger partial charge in [0.25, 0.3) is 0 Å². The van der Waals surface area contributed by atoms with Crippen LogP contribution >= 0.6 is 23.2 Å². The summed E-state index contributed by atoms with van der Waals surface area (Å²) in [5.41, 5.74) is 6.53. The Morgan fingerprint density at radius 2 is 2.15 bits per heavy atom. The maximum atomic E-state index is 13.6. The molecule has 1 amide bonds. The fourth-order valence-electron chi connectivity index (χ4n) is 2.23. The van der Waals surface area contributed by atoms with Gasteiger partial charge in [0.2, 0.25) is 6.41 Å². The molecule has 0 aliphatic heterocycles. The van der Waals surface area contributed by atoms with Crippen molar-refractivity contribution in [1.29, 1.82) is 0 Å². The van der Waals surface area contributed by atoms with E-state index in [1.807, 2.05) is 0 Å². The van der Waals surface area contributed by atoms with Crippen molar-refractivity contribution < 1.29 is 18.4 Å². The minimum atomic E-state index is -0.571. The molecule has 0 aliphatic carbocycles. The molecule has 0 aliphatic rings. The van der Waals surface area contributed by atoms with Crippen molar-refractivity contribution in [2.24, 2.45) is 0 Å². The van der Waals surface area contributed by atoms with Crippen molar-refractivity contribution >= 4 is 46.9 Å². The number of nitrogen functional groups attached to an aromatic ring is 1. The molecule has 27 heavy (non-hydrogen) atoms. The summed E-state index contributed by atoms with van der Waals surface area (Å²) < 4.78 is 23.9. The average molecular weight is 412 g/mol. The van der Waals surface area contributed by atoms with E-state index in [-0.39, 0.29) is 35.4 Å². The number of carbonyl (C=O) groups is 1. The van der Waals surface area contributed by atoms with E-state index in [1.165, 1.54) is 30.7 Å². The summed E-state index contributed by atoms with van der Waals surface area (Å²) in [5, 5.41) is 11.4. The van der Waals surface area contributed by atoms with Crippen molar-refractivity contribution in [2.45, 2.75) is 6.42 Å². The predicted molar refractivity (Wildman–Crippen MR) is 96.8 cm³/mol. The third-order valence-corrected chi connectivity index (χ3v) is 4.33. The Balaban J connectivity index is 1.76. The fourth-order valence-corrected chi connectivity index (χ4v) is 2.79. The number of nitrogens with two attached hydrogens (primary N) is 1. The number of nitrogens with zero attached hydrogens (tertiary/aromatic N) is 4. The SMILES string of the molecule is Nc1nnc(N(C=O)c2cnoc2)cc1OCCc1c(Cl)ccc(F)c1Cl. The maximum Gasteiger partial charge on any atom is 0.220 e. The van der Waals surface area contributed by atoms with Crippen LogP contribution in [0.1, 0.15) is 5.56 Å². The molecule has 0 radical (unpaired) electrons. The van der Waals surface area contributed by atoms with Gasteiger partial charge in [-0.1, -0.05) is 28.4 Å². The topological polar surface area (TPSA) is 107 Å². The van der Waals surface area contributed by atoms with E-state index in [4.69, 9.17) is 38.2 Å². The largest absolute Gasteiger partial charge is 0.489 e. The van der Waals surface area contributed by atoms with Gasteiger partial charge in [-0.25, -0.2) is 4.39 Å². The maximum absolute atomic E-state index is 13.6. The number of hydrogen-bond donors (Lipinski definition) is 1. The van der Waals surface area contributed by atoms with Crippen molar-refractivity contribution in [3.05, 3.63) is 52.1 Å². The average Bonchev–Trinajstić information content (AvgIpc) is 3.18. The molecule has 11 heteroatoms. The highest BCUT2D eigenvalue weighted by Gasteiger charge is 2.16. The van der Waals surface area contributed by atoms with Crippen LogP contribution in [0.25, 0.3) is 0 Å². The standard InChI is InChI=1S/C16H12Cl2FN5O3/c17-11-1-2-12(19)15(18)10(11)3-4-26-13-5-14(22-23-16(13)20)24(8-25)9-6-21-27-7-9/h1-2,5-8H,3-4H2,(H2,20,23). The quantitative estimate of drug-likeness (QED) is 0.468. The number of ether oxygens (including phenoxy) is 1. The lowest BCUT2D eigenvalue weighted by Crippen LogP contribution is -2.16. The second-order valence-electron chi connectivity index (χ2n) is 5.23. The minimum Gasteiger partial charge on any atom is -0.489 e. The summed E-state index contributed by atoms with van der Waals surface area (Å²) in [6, 6.07) is 4.03. The molecule has 2 heterocycles. The summed E-state index contributed by atoms with van der Waals surface area (Å²) in [5.74, 6) is -0.212. The summed E-state index contributed by atoms with van der Waals surface area (Å²) in [6.07, 6.45) is 3.35. The van der Waals surface area contributed by atoms with Crippen molar-refractivity contribution in [1.82, 2.24) is 15.4 Å². The van der Waals surface area contributed by atoms with Crippen molar-refractivity contribution in [2.75, 3.05) is 17.2 Å². The highest BCUT2D eigenvalue weighted by molar-refractivity contribution is 6.36. The minimum absolute atomic E-state index is 0.0198. The first-order chi connectivity index (χ1) is 13.0. The molecule has 0 saturated heterocycles. The van der Waals surface area contributed by atoms with Gasteiger partial charge >= 0.3 is 0 Å². The Hall–Kier alpha value is -2.91. The molecule has 0 fully saturated rings. The van der Waals surface area contributed by atoms with Crippen LogP contribution in [0.15, 0.2) is 35.2 Å². The lowest BCUT2D eigenvalue weighted by molar-refractivity contribution is -0.106. The summed E-state index contributed by atoms with van der Waals surface area (Å²) in [6.45, 7) is 0.0899. The number of carbonyl (C=O) groups excluding carboxylic acids is 1. The van der Waals surface area contributed by atoms with Crippen LogP contribution in [0.4, 0.5) is 21.7 Å². The van der Waals surface area contributed by atoms with Gasteiger partial charge in [0.05, 0.1) is 17.8 Å². The van der Waals surface area contributed by atoms with Gasteiger partial charge in [0, 0.05) is 17.5 Å². The number of amides is 1. The molecule has 0 atom stereocenters. The van der Waals surface area contributed by atoms with Gasteiger partial charge in [-0.3, -0.25) is 9.69 Å². The van der Waals surface area contributed by atoms with E-state index in [1.54, 1.807) is 0 Å². The van der Waals surface area contributed by atoms with E-state index in [2.05, 4.69) is 15.4 Å². The van der Waals surface area contributed by atoms with Crippen LogP contribution in [0.3, 0.4) is 0 Å². The number of benzene rings is 1. The smallest absolute Gasteiger partial charge is 0.220 e. The Morgan fingerprint density at radius 3 is 2.85 bits per heavy atom. The zero-order valence-electron chi connectivity index (χ0n) is 13.6. The number of hydrogen-bond acceptors (Lipinski definition) is 7. The molecule has 8 nitrogen and oxygen atoms in total. The zero-order chi connectivity index (χ0) is 19.4. The highest BCUT2D eigenvalue weighted by atomic mass is 35.5. The van der Waals surface area contributed by atoms with Crippen molar-refractivity contribution in [3.8, 4) is 5.75 Å². The van der Waals surface area contributed by atoms with Gasteiger partial charge in [0.15, 0.2) is 17.4 Å². The van der Waals surface area contributed by atoms with Crippen LogP contribution in [0, 0.1) is 5.82 Å². The van der Waals surface area contributed by atoms with Crippen LogP contribution in [0.2, 0.25) is 10.0 Å². The Kier molecular flexibility index (Phi) is 5.72. The zero-order valence-corrected chi connectivity index (χ0v) is 15.1. The Morgan fingerprint density at radius 1 is 1.33 bits per heavy atom. The van der Waals surface area contributed by atoms with Crippen LogP contribution in [0.5, 0.6) is 5.75 Å². The van der Waals surface area contributed by atoms with Gasteiger partial charge in [-0.15, -0.1) is 10.2 Å². The molecule has 3 rings (SSSR count). The third kappa shape index (κ3) is 4.09. The third-order valence-electron chi connectivity index (χ3n) is 3.57. The predicted octanol–water partition coefficient (Wildman–Crippen LogP) is 3.41. The summed E-state index contributed by atoms with van der Waals surface area (Å²) in [4.78, 5) is 12.5. The summed E-state index contributed by atoms with van der Waals surface area (Å²) >= 11 is 12.0. The lowest BCUT2D eigenvalue weighted by Gasteiger charge is -2.15. The second-order valence-corrected chi connectivity index (χ2v) is 6.02. The molecule has 0 unspecified atom stereocenters. The molecule has 2 aromatic heterocycles. The van der Waals surface area contributed by atoms with Crippen LogP contribution < -0.4 is 15.4 Å². The lowest BCUT2D eigenvalue weighted by atomic mass is 10.1. The normalized spacial score (nSPS) is 10.6. The van der Waals surface area contributed by atoms with Gasteiger partial charge < -0.3 is 15.0 Å². The van der Waals surface area contributed by atoms with E-state index in [0.717, 1.165) is 4.90 Å². The molecule has 0 bridgehead atoms. The number of aromatic nitrogens is 3. The van der Waals surface area contributed by atoms with E-state index in [9.17, 15) is 9.18 Å². The van der Waals surface area contributed by atoms with E-state index < -0.39 is 5.82 Å². The fraction of sp³-hybridized carbons (Fsp3) is 0.125. The first-order valence-corrected chi connectivity index (χ1v) is 8.29. The first-order valence-electron chi connectivity index (χ1n) is 7.53. The Labute approximate surface area is 162 Å². The molecule has 2 N–H and O–H groups in total. The number of anilines is 3. The molecule has 1 aromatic carbocycles. The van der Waals surface area contributed by atoms with E-state index >= 15 is 0 Å². The monoisotopic (exact) mass is 411 g/mol. The molecule has 3 aromatic rings. The van der Waals surface area contributed by atoms with Crippen molar-refractivity contribution in [3.63, 3.8) is 0 Å².